The number of halogens is 1. The van der Waals surface area contributed by atoms with E-state index in [9.17, 15) is 0 Å². The van der Waals surface area contributed by atoms with Crippen molar-refractivity contribution in [3.05, 3.63) is 63.9 Å². The quantitative estimate of drug-likeness (QED) is 0.937. The molecule has 0 bridgehead atoms. The van der Waals surface area contributed by atoms with Crippen LogP contribution in [0.15, 0.2) is 47.1 Å². The Labute approximate surface area is 116 Å². The zero-order valence-electron chi connectivity index (χ0n) is 10.1. The first-order chi connectivity index (χ1) is 8.83. The lowest BCUT2D eigenvalue weighted by molar-refractivity contribution is 0.532. The molecule has 1 unspecified atom stereocenters. The molecule has 1 heterocycles. The van der Waals surface area contributed by atoms with Gasteiger partial charge in [0.15, 0.2) is 0 Å². The molecule has 1 aromatic carbocycles. The molecule has 3 heteroatoms. The average Bonchev–Trinajstić information content (AvgIpc) is 2.37. The number of pyridine rings is 1. The van der Waals surface area contributed by atoms with Crippen molar-refractivity contribution in [2.75, 3.05) is 6.54 Å². The van der Waals surface area contributed by atoms with Crippen molar-refractivity contribution in [1.82, 2.24) is 10.3 Å². The van der Waals surface area contributed by atoms with Crippen LogP contribution in [0.3, 0.4) is 0 Å². The van der Waals surface area contributed by atoms with Gasteiger partial charge in [-0.3, -0.25) is 4.98 Å². The number of fused-ring (bicyclic) bond motifs is 1. The highest BCUT2D eigenvalue weighted by Gasteiger charge is 2.24. The lowest BCUT2D eigenvalue weighted by Gasteiger charge is -2.30. The van der Waals surface area contributed by atoms with Gasteiger partial charge in [-0.15, -0.1) is 0 Å². The van der Waals surface area contributed by atoms with E-state index in [1.165, 1.54) is 17.5 Å². The van der Waals surface area contributed by atoms with Crippen molar-refractivity contribution in [2.24, 2.45) is 0 Å². The lowest BCUT2D eigenvalue weighted by Crippen LogP contribution is -2.29. The van der Waals surface area contributed by atoms with Gasteiger partial charge in [-0.25, -0.2) is 0 Å². The first kappa shape index (κ1) is 11.9. The second kappa shape index (κ2) is 5.21. The largest absolute Gasteiger partial charge is 0.311 e. The molecule has 18 heavy (non-hydrogen) atoms. The van der Waals surface area contributed by atoms with Crippen LogP contribution >= 0.6 is 15.9 Å². The first-order valence-electron chi connectivity index (χ1n) is 6.22. The standard InChI is InChI=1S/C15H15BrN2/c16-13-5-6-14(18-9-13)10-17-8-12-7-11-3-1-2-4-15(11)12/h1-6,9,12,17H,7-8,10H2. The van der Waals surface area contributed by atoms with Gasteiger partial charge >= 0.3 is 0 Å². The average molecular weight is 303 g/mol. The summed E-state index contributed by atoms with van der Waals surface area (Å²) in [6, 6.07) is 12.8. The molecule has 0 aliphatic heterocycles. The van der Waals surface area contributed by atoms with Crippen LogP contribution in [0.2, 0.25) is 0 Å². The molecular formula is C15H15BrN2. The van der Waals surface area contributed by atoms with Crippen molar-refractivity contribution in [3.63, 3.8) is 0 Å². The summed E-state index contributed by atoms with van der Waals surface area (Å²) in [5, 5.41) is 3.49. The van der Waals surface area contributed by atoms with Gasteiger partial charge < -0.3 is 5.32 Å². The molecular weight excluding hydrogens is 288 g/mol. The van der Waals surface area contributed by atoms with E-state index >= 15 is 0 Å². The Morgan fingerprint density at radius 1 is 1.22 bits per heavy atom. The second-order valence-electron chi connectivity index (χ2n) is 4.70. The van der Waals surface area contributed by atoms with Gasteiger partial charge in [-0.1, -0.05) is 24.3 Å². The summed E-state index contributed by atoms with van der Waals surface area (Å²) < 4.78 is 1.03. The maximum Gasteiger partial charge on any atom is 0.0542 e. The van der Waals surface area contributed by atoms with E-state index in [0.29, 0.717) is 5.92 Å². The molecule has 0 radical (unpaired) electrons. The first-order valence-corrected chi connectivity index (χ1v) is 7.01. The van der Waals surface area contributed by atoms with E-state index in [2.05, 4.69) is 50.5 Å². The molecule has 1 N–H and O–H groups in total. The van der Waals surface area contributed by atoms with Crippen LogP contribution in [0.1, 0.15) is 22.7 Å². The summed E-state index contributed by atoms with van der Waals surface area (Å²) in [4.78, 5) is 4.35. The summed E-state index contributed by atoms with van der Waals surface area (Å²) in [6.45, 7) is 1.88. The number of nitrogens with one attached hydrogen (secondary N) is 1. The van der Waals surface area contributed by atoms with Gasteiger partial charge in [0.1, 0.15) is 0 Å². The van der Waals surface area contributed by atoms with Crippen LogP contribution in [0.5, 0.6) is 0 Å². The highest BCUT2D eigenvalue weighted by Crippen LogP contribution is 2.33. The van der Waals surface area contributed by atoms with Gasteiger partial charge in [0.25, 0.3) is 0 Å². The van der Waals surface area contributed by atoms with E-state index in [0.717, 1.165) is 23.3 Å². The zero-order valence-corrected chi connectivity index (χ0v) is 11.7. The fraction of sp³-hybridized carbons (Fsp3) is 0.267. The maximum absolute atomic E-state index is 4.35. The Bertz CT molecular complexity index is 536. The number of benzene rings is 1. The van der Waals surface area contributed by atoms with E-state index in [1.807, 2.05) is 18.3 Å². The predicted octanol–water partition coefficient (Wildman–Crippen LogP) is 3.27. The van der Waals surface area contributed by atoms with E-state index in [1.54, 1.807) is 0 Å². The maximum atomic E-state index is 4.35. The fourth-order valence-corrected chi connectivity index (χ4v) is 2.66. The third-order valence-corrected chi connectivity index (χ3v) is 3.92. The molecule has 1 aliphatic rings. The van der Waals surface area contributed by atoms with Crippen molar-refractivity contribution in [2.45, 2.75) is 18.9 Å². The summed E-state index contributed by atoms with van der Waals surface area (Å²) in [7, 11) is 0. The highest BCUT2D eigenvalue weighted by atomic mass is 79.9. The summed E-state index contributed by atoms with van der Waals surface area (Å²) in [5.74, 6) is 0.677. The molecule has 0 fully saturated rings. The number of hydrogen-bond donors (Lipinski definition) is 1. The summed E-state index contributed by atoms with van der Waals surface area (Å²) in [5.41, 5.74) is 4.10. The number of nitrogens with zero attached hydrogens (tertiary/aromatic N) is 1. The Morgan fingerprint density at radius 3 is 2.89 bits per heavy atom. The smallest absolute Gasteiger partial charge is 0.0542 e. The van der Waals surface area contributed by atoms with Crippen LogP contribution in [-0.2, 0) is 13.0 Å². The van der Waals surface area contributed by atoms with E-state index < -0.39 is 0 Å². The van der Waals surface area contributed by atoms with Crippen LogP contribution in [0.4, 0.5) is 0 Å². The summed E-state index contributed by atoms with van der Waals surface area (Å²) in [6.07, 6.45) is 3.05. The Morgan fingerprint density at radius 2 is 2.11 bits per heavy atom. The number of hydrogen-bond acceptors (Lipinski definition) is 2. The monoisotopic (exact) mass is 302 g/mol. The topological polar surface area (TPSA) is 24.9 Å². The Kier molecular flexibility index (Phi) is 3.43. The Hall–Kier alpha value is -1.19. The molecule has 3 rings (SSSR count). The molecule has 0 saturated carbocycles. The second-order valence-corrected chi connectivity index (χ2v) is 5.61. The molecule has 0 spiro atoms. The Balaban J connectivity index is 1.51. The van der Waals surface area contributed by atoms with E-state index in [4.69, 9.17) is 0 Å². The SMILES string of the molecule is Brc1ccc(CNCC2Cc3ccccc32)nc1. The lowest BCUT2D eigenvalue weighted by atomic mass is 9.77. The molecule has 92 valence electrons. The highest BCUT2D eigenvalue weighted by molar-refractivity contribution is 9.10. The zero-order chi connectivity index (χ0) is 12.4. The molecule has 1 aliphatic carbocycles. The van der Waals surface area contributed by atoms with Crippen LogP contribution < -0.4 is 5.32 Å². The van der Waals surface area contributed by atoms with Gasteiger partial charge in [-0.2, -0.15) is 0 Å². The van der Waals surface area contributed by atoms with Crippen molar-refractivity contribution >= 4 is 15.9 Å². The minimum Gasteiger partial charge on any atom is -0.311 e. The molecule has 2 nitrogen and oxygen atoms in total. The van der Waals surface area contributed by atoms with Crippen molar-refractivity contribution in [3.8, 4) is 0 Å². The van der Waals surface area contributed by atoms with Gasteiger partial charge in [0, 0.05) is 29.7 Å². The van der Waals surface area contributed by atoms with Crippen LogP contribution in [-0.4, -0.2) is 11.5 Å². The van der Waals surface area contributed by atoms with Gasteiger partial charge in [0.2, 0.25) is 0 Å². The molecule has 0 amide bonds. The van der Waals surface area contributed by atoms with Crippen LogP contribution in [0, 0.1) is 0 Å². The number of aromatic nitrogens is 1. The van der Waals surface area contributed by atoms with Crippen molar-refractivity contribution in [1.29, 1.82) is 0 Å². The third-order valence-electron chi connectivity index (χ3n) is 3.45. The summed E-state index contributed by atoms with van der Waals surface area (Å²) >= 11 is 3.39. The minimum absolute atomic E-state index is 0.677. The van der Waals surface area contributed by atoms with E-state index in [-0.39, 0.29) is 0 Å². The minimum atomic E-state index is 0.677. The van der Waals surface area contributed by atoms with Crippen LogP contribution in [0.25, 0.3) is 0 Å². The normalized spacial score (nSPS) is 17.1. The fourth-order valence-electron chi connectivity index (χ4n) is 2.43. The van der Waals surface area contributed by atoms with Crippen molar-refractivity contribution < 1.29 is 0 Å². The van der Waals surface area contributed by atoms with Gasteiger partial charge in [-0.05, 0) is 45.6 Å². The predicted molar refractivity (Wildman–Crippen MR) is 76.5 cm³/mol. The van der Waals surface area contributed by atoms with Gasteiger partial charge in [0.05, 0.1) is 5.69 Å². The number of rotatable bonds is 4. The molecule has 1 aromatic heterocycles. The molecule has 1 atom stereocenters. The molecule has 2 aromatic rings. The third kappa shape index (κ3) is 2.47. The molecule has 0 saturated heterocycles.